The molecular formula is C16H22N2S2. The molecule has 1 heterocycles. The van der Waals surface area contributed by atoms with Crippen LogP contribution in [0.15, 0.2) is 34.5 Å². The van der Waals surface area contributed by atoms with Crippen LogP contribution in [0.25, 0.3) is 0 Å². The van der Waals surface area contributed by atoms with Gasteiger partial charge in [0.2, 0.25) is 0 Å². The molecule has 2 N–H and O–H groups in total. The van der Waals surface area contributed by atoms with Gasteiger partial charge in [-0.25, -0.2) is 4.98 Å². The number of nitrogens with two attached hydrogens (primary N) is 1. The maximum atomic E-state index is 6.38. The lowest BCUT2D eigenvalue weighted by molar-refractivity contribution is 0.568. The van der Waals surface area contributed by atoms with Gasteiger partial charge in [-0.3, -0.25) is 0 Å². The van der Waals surface area contributed by atoms with Crippen molar-refractivity contribution in [2.24, 2.45) is 5.73 Å². The summed E-state index contributed by atoms with van der Waals surface area (Å²) in [4.78, 5) is 5.99. The van der Waals surface area contributed by atoms with Gasteiger partial charge in [-0.2, -0.15) is 0 Å². The van der Waals surface area contributed by atoms with Gasteiger partial charge in [-0.15, -0.1) is 23.1 Å². The molecule has 1 unspecified atom stereocenters. The average molecular weight is 306 g/mol. The van der Waals surface area contributed by atoms with Crippen molar-refractivity contribution < 1.29 is 0 Å². The fourth-order valence-electron chi connectivity index (χ4n) is 2.02. The van der Waals surface area contributed by atoms with E-state index in [-0.39, 0.29) is 11.5 Å². The quantitative estimate of drug-likeness (QED) is 0.851. The first-order valence-corrected chi connectivity index (χ1v) is 8.85. The van der Waals surface area contributed by atoms with Crippen LogP contribution in [0.1, 0.15) is 43.1 Å². The summed E-state index contributed by atoms with van der Waals surface area (Å²) < 4.78 is 0. The number of benzene rings is 1. The monoisotopic (exact) mass is 306 g/mol. The number of aromatic nitrogens is 1. The molecule has 0 aliphatic heterocycles. The molecule has 2 nitrogen and oxygen atoms in total. The summed E-state index contributed by atoms with van der Waals surface area (Å²) in [5, 5.41) is 3.28. The predicted octanol–water partition coefficient (Wildman–Crippen LogP) is 4.41. The second-order valence-corrected chi connectivity index (χ2v) is 7.72. The summed E-state index contributed by atoms with van der Waals surface area (Å²) in [5.74, 6) is 0. The Kier molecular flexibility index (Phi) is 4.89. The van der Waals surface area contributed by atoms with Crippen molar-refractivity contribution in [3.05, 3.63) is 45.9 Å². The summed E-state index contributed by atoms with van der Waals surface area (Å²) in [6, 6.07) is 8.37. The van der Waals surface area contributed by atoms with Gasteiger partial charge < -0.3 is 5.73 Å². The number of hydrogen-bond donors (Lipinski definition) is 1. The number of thioether (sulfide) groups is 1. The van der Waals surface area contributed by atoms with E-state index in [4.69, 9.17) is 10.7 Å². The van der Waals surface area contributed by atoms with Crippen LogP contribution in [0.2, 0.25) is 0 Å². The van der Waals surface area contributed by atoms with Crippen molar-refractivity contribution >= 4 is 23.1 Å². The number of thiazole rings is 1. The Labute approximate surface area is 129 Å². The minimum Gasteiger partial charge on any atom is -0.324 e. The standard InChI is InChI=1S/C16H22N2S2/c1-16(2,3)14-10-20-15(18-14)9-12(17)11-7-5-6-8-13(11)19-4/h5-8,10,12H,9,17H2,1-4H3. The lowest BCUT2D eigenvalue weighted by Gasteiger charge is -2.15. The first kappa shape index (κ1) is 15.5. The lowest BCUT2D eigenvalue weighted by atomic mass is 9.93. The average Bonchev–Trinajstić information content (AvgIpc) is 2.87. The number of nitrogens with zero attached hydrogens (tertiary/aromatic N) is 1. The van der Waals surface area contributed by atoms with Gasteiger partial charge in [-0.1, -0.05) is 39.0 Å². The van der Waals surface area contributed by atoms with Crippen LogP contribution in [0.5, 0.6) is 0 Å². The molecule has 0 fully saturated rings. The highest BCUT2D eigenvalue weighted by molar-refractivity contribution is 7.98. The Bertz CT molecular complexity index is 570. The molecule has 1 atom stereocenters. The van der Waals surface area contributed by atoms with Gasteiger partial charge in [0.25, 0.3) is 0 Å². The van der Waals surface area contributed by atoms with E-state index in [1.165, 1.54) is 10.5 Å². The van der Waals surface area contributed by atoms with Crippen LogP contribution in [-0.2, 0) is 11.8 Å². The summed E-state index contributed by atoms with van der Waals surface area (Å²) in [5.41, 5.74) is 8.85. The third-order valence-electron chi connectivity index (χ3n) is 3.25. The smallest absolute Gasteiger partial charge is 0.0947 e. The Morgan fingerprint density at radius 2 is 2.00 bits per heavy atom. The Balaban J connectivity index is 2.15. The zero-order valence-electron chi connectivity index (χ0n) is 12.5. The minimum atomic E-state index is 0.0117. The van der Waals surface area contributed by atoms with E-state index in [9.17, 15) is 0 Å². The molecule has 0 bridgehead atoms. The second kappa shape index (κ2) is 6.29. The third kappa shape index (κ3) is 3.62. The maximum Gasteiger partial charge on any atom is 0.0947 e. The van der Waals surface area contributed by atoms with E-state index < -0.39 is 0 Å². The maximum absolute atomic E-state index is 6.38. The van der Waals surface area contributed by atoms with E-state index in [1.807, 2.05) is 0 Å². The Morgan fingerprint density at radius 3 is 2.60 bits per heavy atom. The SMILES string of the molecule is CSc1ccccc1C(N)Cc1nc(C(C)(C)C)cs1. The minimum absolute atomic E-state index is 0.0117. The molecule has 2 rings (SSSR count). The van der Waals surface area contributed by atoms with Gasteiger partial charge in [0.05, 0.1) is 10.7 Å². The molecule has 0 saturated carbocycles. The molecule has 20 heavy (non-hydrogen) atoms. The molecule has 0 radical (unpaired) electrons. The summed E-state index contributed by atoms with van der Waals surface area (Å²) in [6.45, 7) is 6.57. The molecule has 1 aromatic carbocycles. The van der Waals surface area contributed by atoms with E-state index in [2.05, 4.69) is 56.7 Å². The fraction of sp³-hybridized carbons (Fsp3) is 0.438. The lowest BCUT2D eigenvalue weighted by Crippen LogP contribution is -2.15. The first-order valence-electron chi connectivity index (χ1n) is 6.75. The number of rotatable bonds is 4. The van der Waals surface area contributed by atoms with E-state index >= 15 is 0 Å². The normalized spacial score (nSPS) is 13.4. The number of hydrogen-bond acceptors (Lipinski definition) is 4. The first-order chi connectivity index (χ1) is 9.41. The van der Waals surface area contributed by atoms with Crippen molar-refractivity contribution in [2.45, 2.75) is 43.5 Å². The van der Waals surface area contributed by atoms with Crippen molar-refractivity contribution in [3.63, 3.8) is 0 Å². The Hall–Kier alpha value is -0.840. The molecule has 0 amide bonds. The topological polar surface area (TPSA) is 38.9 Å². The summed E-state index contributed by atoms with van der Waals surface area (Å²) >= 11 is 3.46. The van der Waals surface area contributed by atoms with Crippen molar-refractivity contribution in [1.82, 2.24) is 4.98 Å². The molecule has 0 saturated heterocycles. The van der Waals surface area contributed by atoms with Crippen LogP contribution in [-0.4, -0.2) is 11.2 Å². The largest absolute Gasteiger partial charge is 0.324 e. The summed E-state index contributed by atoms with van der Waals surface area (Å²) in [6.07, 6.45) is 2.89. The zero-order valence-corrected chi connectivity index (χ0v) is 14.1. The van der Waals surface area contributed by atoms with Crippen LogP contribution in [0.4, 0.5) is 0 Å². The Morgan fingerprint density at radius 1 is 1.30 bits per heavy atom. The van der Waals surface area contributed by atoms with E-state index in [1.54, 1.807) is 23.1 Å². The molecule has 0 aliphatic carbocycles. The van der Waals surface area contributed by atoms with Crippen LogP contribution >= 0.6 is 23.1 Å². The van der Waals surface area contributed by atoms with Gasteiger partial charge in [0.1, 0.15) is 0 Å². The molecule has 4 heteroatoms. The van der Waals surface area contributed by atoms with Crippen molar-refractivity contribution in [3.8, 4) is 0 Å². The zero-order chi connectivity index (χ0) is 14.8. The van der Waals surface area contributed by atoms with Crippen LogP contribution < -0.4 is 5.73 Å². The highest BCUT2D eigenvalue weighted by Gasteiger charge is 2.19. The van der Waals surface area contributed by atoms with Gasteiger partial charge in [-0.05, 0) is 17.9 Å². The highest BCUT2D eigenvalue weighted by atomic mass is 32.2. The van der Waals surface area contributed by atoms with Crippen molar-refractivity contribution in [1.29, 1.82) is 0 Å². The molecular weight excluding hydrogens is 284 g/mol. The van der Waals surface area contributed by atoms with E-state index in [0.717, 1.165) is 17.1 Å². The van der Waals surface area contributed by atoms with Gasteiger partial charge >= 0.3 is 0 Å². The van der Waals surface area contributed by atoms with Crippen LogP contribution in [0, 0.1) is 0 Å². The van der Waals surface area contributed by atoms with E-state index in [0.29, 0.717) is 0 Å². The predicted molar refractivity (Wildman–Crippen MR) is 89.7 cm³/mol. The van der Waals surface area contributed by atoms with Crippen molar-refractivity contribution in [2.75, 3.05) is 6.26 Å². The summed E-state index contributed by atoms with van der Waals surface area (Å²) in [7, 11) is 0. The third-order valence-corrected chi connectivity index (χ3v) is 4.94. The highest BCUT2D eigenvalue weighted by Crippen LogP contribution is 2.29. The molecule has 0 aliphatic rings. The second-order valence-electron chi connectivity index (χ2n) is 5.93. The van der Waals surface area contributed by atoms with Gasteiger partial charge in [0.15, 0.2) is 0 Å². The molecule has 108 valence electrons. The molecule has 2 aromatic rings. The van der Waals surface area contributed by atoms with Crippen LogP contribution in [0.3, 0.4) is 0 Å². The molecule has 1 aromatic heterocycles. The fourth-order valence-corrected chi connectivity index (χ4v) is 3.77. The molecule has 0 spiro atoms. The van der Waals surface area contributed by atoms with Gasteiger partial charge in [0, 0.05) is 28.2 Å².